The normalized spacial score (nSPS) is 23.1. The molecule has 0 saturated carbocycles. The standard InChI is InChI=1S/C12H16BrFN2O2S.ClH/c1-8-11(3-2-6-15-8)16-19(17,18)12-7-9(13)4-5-10(12)14;/h4-5,7-8,11,15-16H,2-3,6H2,1H3;1H. The molecule has 0 spiro atoms. The molecule has 0 aromatic heterocycles. The SMILES string of the molecule is CC1NCCCC1NS(=O)(=O)c1cc(Br)ccc1F.Cl. The van der Waals surface area contributed by atoms with Crippen molar-refractivity contribution in [2.24, 2.45) is 0 Å². The minimum Gasteiger partial charge on any atom is -0.313 e. The first-order valence-corrected chi connectivity index (χ1v) is 8.38. The first-order valence-electron chi connectivity index (χ1n) is 6.11. The number of hydrogen-bond donors (Lipinski definition) is 2. The lowest BCUT2D eigenvalue weighted by atomic mass is 10.0. The number of halogens is 3. The summed E-state index contributed by atoms with van der Waals surface area (Å²) in [6.07, 6.45) is 1.65. The van der Waals surface area contributed by atoms with E-state index in [0.29, 0.717) is 4.47 Å². The summed E-state index contributed by atoms with van der Waals surface area (Å²) in [5, 5.41) is 3.20. The van der Waals surface area contributed by atoms with Crippen molar-refractivity contribution in [2.45, 2.75) is 36.7 Å². The molecule has 4 nitrogen and oxygen atoms in total. The average molecular weight is 388 g/mol. The molecule has 1 aromatic carbocycles. The van der Waals surface area contributed by atoms with Crippen LogP contribution in [0.25, 0.3) is 0 Å². The first-order chi connectivity index (χ1) is 8.90. The largest absolute Gasteiger partial charge is 0.313 e. The van der Waals surface area contributed by atoms with Crippen LogP contribution in [0.2, 0.25) is 0 Å². The van der Waals surface area contributed by atoms with Crippen LogP contribution in [0.3, 0.4) is 0 Å². The second kappa shape index (κ2) is 7.17. The van der Waals surface area contributed by atoms with Gasteiger partial charge in [-0.15, -0.1) is 12.4 Å². The van der Waals surface area contributed by atoms with Crippen LogP contribution in [0, 0.1) is 5.82 Å². The third kappa shape index (κ3) is 4.14. The van der Waals surface area contributed by atoms with Crippen molar-refractivity contribution in [1.29, 1.82) is 0 Å². The highest BCUT2D eigenvalue weighted by Crippen LogP contribution is 2.21. The van der Waals surface area contributed by atoms with Crippen molar-refractivity contribution in [1.82, 2.24) is 10.0 Å². The van der Waals surface area contributed by atoms with E-state index in [9.17, 15) is 12.8 Å². The summed E-state index contributed by atoms with van der Waals surface area (Å²) in [5.74, 6) is -0.743. The third-order valence-electron chi connectivity index (χ3n) is 3.25. The summed E-state index contributed by atoms with van der Waals surface area (Å²) in [7, 11) is -3.84. The van der Waals surface area contributed by atoms with Crippen LogP contribution in [0.5, 0.6) is 0 Å². The zero-order valence-corrected chi connectivity index (χ0v) is 14.1. The molecule has 0 bridgehead atoms. The van der Waals surface area contributed by atoms with E-state index in [2.05, 4.69) is 26.0 Å². The molecule has 2 unspecified atom stereocenters. The number of nitrogens with one attached hydrogen (secondary N) is 2. The van der Waals surface area contributed by atoms with Gasteiger partial charge < -0.3 is 5.32 Å². The van der Waals surface area contributed by atoms with Crippen LogP contribution < -0.4 is 10.0 Å². The lowest BCUT2D eigenvalue weighted by Crippen LogP contribution is -2.51. The topological polar surface area (TPSA) is 58.2 Å². The van der Waals surface area contributed by atoms with Crippen molar-refractivity contribution in [3.8, 4) is 0 Å². The Hall–Kier alpha value is -0.210. The quantitative estimate of drug-likeness (QED) is 0.837. The van der Waals surface area contributed by atoms with Gasteiger partial charge in [0.2, 0.25) is 10.0 Å². The molecule has 1 fully saturated rings. The van der Waals surface area contributed by atoms with Crippen molar-refractivity contribution in [3.63, 3.8) is 0 Å². The van der Waals surface area contributed by atoms with Crippen LogP contribution in [0.1, 0.15) is 19.8 Å². The summed E-state index contributed by atoms with van der Waals surface area (Å²) in [6.45, 7) is 2.80. The van der Waals surface area contributed by atoms with Gasteiger partial charge in [-0.05, 0) is 44.5 Å². The lowest BCUT2D eigenvalue weighted by Gasteiger charge is -2.30. The second-order valence-electron chi connectivity index (χ2n) is 4.69. The molecule has 1 aromatic rings. The molecule has 1 heterocycles. The summed E-state index contributed by atoms with van der Waals surface area (Å²) in [5.41, 5.74) is 0. The van der Waals surface area contributed by atoms with Crippen LogP contribution in [0.15, 0.2) is 27.6 Å². The monoisotopic (exact) mass is 386 g/mol. The molecule has 2 atom stereocenters. The Kier molecular flexibility index (Phi) is 6.40. The zero-order valence-electron chi connectivity index (χ0n) is 10.9. The Morgan fingerprint density at radius 3 is 2.80 bits per heavy atom. The fourth-order valence-corrected chi connectivity index (χ4v) is 4.12. The highest BCUT2D eigenvalue weighted by atomic mass is 79.9. The molecule has 2 N–H and O–H groups in total. The van der Waals surface area contributed by atoms with Gasteiger partial charge in [0.25, 0.3) is 0 Å². The van der Waals surface area contributed by atoms with Gasteiger partial charge in [0.05, 0.1) is 0 Å². The summed E-state index contributed by atoms with van der Waals surface area (Å²) >= 11 is 3.15. The van der Waals surface area contributed by atoms with E-state index in [4.69, 9.17) is 0 Å². The first kappa shape index (κ1) is 17.8. The zero-order chi connectivity index (χ0) is 14.0. The Balaban J connectivity index is 0.00000200. The van der Waals surface area contributed by atoms with Crippen molar-refractivity contribution in [3.05, 3.63) is 28.5 Å². The third-order valence-corrected chi connectivity index (χ3v) is 5.25. The van der Waals surface area contributed by atoms with Crippen LogP contribution >= 0.6 is 28.3 Å². The van der Waals surface area contributed by atoms with Gasteiger partial charge in [0.1, 0.15) is 10.7 Å². The van der Waals surface area contributed by atoms with E-state index in [1.807, 2.05) is 6.92 Å². The summed E-state index contributed by atoms with van der Waals surface area (Å²) in [4.78, 5) is -0.320. The molecule has 20 heavy (non-hydrogen) atoms. The van der Waals surface area contributed by atoms with Gasteiger partial charge in [0.15, 0.2) is 0 Å². The van der Waals surface area contributed by atoms with Gasteiger partial charge in [-0.25, -0.2) is 17.5 Å². The average Bonchev–Trinajstić information content (AvgIpc) is 2.35. The van der Waals surface area contributed by atoms with Gasteiger partial charge >= 0.3 is 0 Å². The Morgan fingerprint density at radius 2 is 2.15 bits per heavy atom. The number of sulfonamides is 1. The number of benzene rings is 1. The predicted octanol–water partition coefficient (Wildman–Crippen LogP) is 2.43. The summed E-state index contributed by atoms with van der Waals surface area (Å²) < 4.78 is 41.2. The van der Waals surface area contributed by atoms with Crippen LogP contribution in [-0.2, 0) is 10.0 Å². The molecule has 0 aliphatic carbocycles. The minimum atomic E-state index is -3.84. The van der Waals surface area contributed by atoms with Crippen molar-refractivity contribution in [2.75, 3.05) is 6.54 Å². The maximum absolute atomic E-state index is 13.7. The van der Waals surface area contributed by atoms with E-state index in [0.717, 1.165) is 25.5 Å². The van der Waals surface area contributed by atoms with Crippen molar-refractivity contribution >= 4 is 38.4 Å². The lowest BCUT2D eigenvalue weighted by molar-refractivity contribution is 0.348. The number of rotatable bonds is 3. The fourth-order valence-electron chi connectivity index (χ4n) is 2.15. The maximum Gasteiger partial charge on any atom is 0.243 e. The molecule has 1 aliphatic rings. The van der Waals surface area contributed by atoms with E-state index in [1.54, 1.807) is 0 Å². The minimum absolute atomic E-state index is 0. The Bertz CT molecular complexity index is 571. The number of piperidine rings is 1. The molecule has 2 rings (SSSR count). The second-order valence-corrected chi connectivity index (χ2v) is 7.29. The van der Waals surface area contributed by atoms with E-state index < -0.39 is 15.8 Å². The van der Waals surface area contributed by atoms with Gasteiger partial charge in [-0.2, -0.15) is 0 Å². The predicted molar refractivity (Wildman–Crippen MR) is 82.2 cm³/mol. The van der Waals surface area contributed by atoms with Gasteiger partial charge in [0, 0.05) is 16.6 Å². The molecular weight excluding hydrogens is 371 g/mol. The Labute approximate surface area is 133 Å². The number of hydrogen-bond acceptors (Lipinski definition) is 3. The molecular formula is C12H17BrClFN2O2S. The highest BCUT2D eigenvalue weighted by Gasteiger charge is 2.28. The molecule has 8 heteroatoms. The molecule has 114 valence electrons. The molecule has 0 amide bonds. The van der Waals surface area contributed by atoms with Crippen molar-refractivity contribution < 1.29 is 12.8 Å². The summed E-state index contributed by atoms with van der Waals surface area (Å²) in [6, 6.07) is 3.72. The smallest absolute Gasteiger partial charge is 0.243 e. The van der Waals surface area contributed by atoms with Crippen LogP contribution in [0.4, 0.5) is 4.39 Å². The fraction of sp³-hybridized carbons (Fsp3) is 0.500. The van der Waals surface area contributed by atoms with Gasteiger partial charge in [-0.1, -0.05) is 15.9 Å². The Morgan fingerprint density at radius 1 is 1.45 bits per heavy atom. The van der Waals surface area contributed by atoms with E-state index in [1.165, 1.54) is 12.1 Å². The molecule has 1 aliphatic heterocycles. The molecule has 1 saturated heterocycles. The highest BCUT2D eigenvalue weighted by molar-refractivity contribution is 9.10. The van der Waals surface area contributed by atoms with Gasteiger partial charge in [-0.3, -0.25) is 0 Å². The van der Waals surface area contributed by atoms with E-state index in [-0.39, 0.29) is 29.4 Å². The van der Waals surface area contributed by atoms with Crippen LogP contribution in [-0.4, -0.2) is 27.0 Å². The molecule has 0 radical (unpaired) electrons. The maximum atomic E-state index is 13.7. The van der Waals surface area contributed by atoms with E-state index >= 15 is 0 Å².